The zero-order chi connectivity index (χ0) is 23.4. The minimum atomic E-state index is -1.15. The molecule has 2 aromatic rings. The summed E-state index contributed by atoms with van der Waals surface area (Å²) in [6.45, 7) is -0.573. The number of allylic oxidation sites excluding steroid dienone is 1. The highest BCUT2D eigenvalue weighted by Crippen LogP contribution is 2.39. The molecule has 0 fully saturated rings. The number of nitrogens with one attached hydrogen (secondary N) is 2. The van der Waals surface area contributed by atoms with Gasteiger partial charge in [-0.3, -0.25) is 19.4 Å². The SMILES string of the molecule is NC(=CC=NCC(=O)NCC(=O)O)c1cc(Cl)c(Cl)c2[nH]c3c(c12)CN(C(=O)CO)CC3. The van der Waals surface area contributed by atoms with Gasteiger partial charge in [-0.2, -0.15) is 0 Å². The summed E-state index contributed by atoms with van der Waals surface area (Å²) in [7, 11) is 0. The number of rotatable bonds is 7. The van der Waals surface area contributed by atoms with Crippen LogP contribution in [-0.2, 0) is 27.3 Å². The predicted octanol–water partition coefficient (Wildman–Crippen LogP) is 0.923. The fraction of sp³-hybridized carbons (Fsp3) is 0.300. The predicted molar refractivity (Wildman–Crippen MR) is 121 cm³/mol. The lowest BCUT2D eigenvalue weighted by atomic mass is 9.99. The van der Waals surface area contributed by atoms with Crippen LogP contribution in [0.1, 0.15) is 16.8 Å². The molecule has 0 aliphatic carbocycles. The maximum atomic E-state index is 12.0. The number of carboxylic acid groups (broad SMARTS) is 1. The van der Waals surface area contributed by atoms with Crippen LogP contribution in [0.15, 0.2) is 17.1 Å². The monoisotopic (exact) mass is 481 g/mol. The van der Waals surface area contributed by atoms with E-state index in [1.54, 1.807) is 11.0 Å². The highest BCUT2D eigenvalue weighted by Gasteiger charge is 2.26. The van der Waals surface area contributed by atoms with E-state index in [0.29, 0.717) is 40.2 Å². The second kappa shape index (κ2) is 10.0. The summed E-state index contributed by atoms with van der Waals surface area (Å²) in [5.41, 5.74) is 9.48. The van der Waals surface area contributed by atoms with Crippen LogP contribution in [0, 0.1) is 0 Å². The first kappa shape index (κ1) is 23.6. The van der Waals surface area contributed by atoms with Gasteiger partial charge in [0.2, 0.25) is 11.8 Å². The van der Waals surface area contributed by atoms with E-state index in [9.17, 15) is 19.5 Å². The zero-order valence-corrected chi connectivity index (χ0v) is 18.3. The number of aromatic nitrogens is 1. The molecule has 6 N–H and O–H groups in total. The number of aliphatic hydroxyl groups is 1. The molecule has 10 nitrogen and oxygen atoms in total. The number of fused-ring (bicyclic) bond motifs is 3. The topological polar surface area (TPSA) is 161 Å². The Morgan fingerprint density at radius 1 is 1.34 bits per heavy atom. The Morgan fingerprint density at radius 2 is 2.09 bits per heavy atom. The standard InChI is InChI=1S/C20H21Cl2N5O5/c21-12-5-10(13(23)1-3-24-6-15(29)25-7-17(31)32)18-11-8-27(16(30)9-28)4-2-14(11)26-20(18)19(12)22/h1,3,5,26,28H,2,4,6-9,23H2,(H,25,29)(H,31,32). The number of nitrogens with two attached hydrogens (primary N) is 1. The van der Waals surface area contributed by atoms with Gasteiger partial charge >= 0.3 is 5.97 Å². The average molecular weight is 482 g/mol. The van der Waals surface area contributed by atoms with Crippen molar-refractivity contribution in [3.8, 4) is 0 Å². The number of nitrogens with zero attached hydrogens (tertiary/aromatic N) is 2. The van der Waals surface area contributed by atoms with E-state index in [1.807, 2.05) is 0 Å². The van der Waals surface area contributed by atoms with E-state index >= 15 is 0 Å². The first-order valence-corrected chi connectivity index (χ1v) is 10.3. The molecule has 1 aromatic carbocycles. The Balaban J connectivity index is 1.91. The van der Waals surface area contributed by atoms with Gasteiger partial charge < -0.3 is 31.1 Å². The van der Waals surface area contributed by atoms with Gasteiger partial charge in [-0.25, -0.2) is 0 Å². The molecule has 1 aliphatic rings. The van der Waals surface area contributed by atoms with Crippen molar-refractivity contribution in [1.82, 2.24) is 15.2 Å². The van der Waals surface area contributed by atoms with Crippen molar-refractivity contribution in [3.63, 3.8) is 0 Å². The van der Waals surface area contributed by atoms with E-state index < -0.39 is 25.0 Å². The third kappa shape index (κ3) is 5.04. The summed E-state index contributed by atoms with van der Waals surface area (Å²) in [6, 6.07) is 1.62. The Hall–Kier alpha value is -3.08. The van der Waals surface area contributed by atoms with E-state index in [-0.39, 0.29) is 24.0 Å². The lowest BCUT2D eigenvalue weighted by Crippen LogP contribution is -2.37. The maximum absolute atomic E-state index is 12.0. The van der Waals surface area contributed by atoms with Crippen LogP contribution in [0.2, 0.25) is 10.0 Å². The van der Waals surface area contributed by atoms with Crippen molar-refractivity contribution in [1.29, 1.82) is 0 Å². The summed E-state index contributed by atoms with van der Waals surface area (Å²) < 4.78 is 0. The van der Waals surface area contributed by atoms with Crippen LogP contribution in [0.25, 0.3) is 16.6 Å². The molecular formula is C20H21Cl2N5O5. The second-order valence-corrected chi connectivity index (χ2v) is 7.84. The fourth-order valence-electron chi connectivity index (χ4n) is 3.47. The summed E-state index contributed by atoms with van der Waals surface area (Å²) >= 11 is 12.7. The smallest absolute Gasteiger partial charge is 0.322 e. The highest BCUT2D eigenvalue weighted by atomic mass is 35.5. The molecule has 0 atom stereocenters. The van der Waals surface area contributed by atoms with Crippen molar-refractivity contribution in [2.75, 3.05) is 26.2 Å². The molecule has 0 unspecified atom stereocenters. The van der Waals surface area contributed by atoms with Gasteiger partial charge in [-0.1, -0.05) is 23.2 Å². The molecule has 0 radical (unpaired) electrons. The van der Waals surface area contributed by atoms with Crippen LogP contribution in [0.5, 0.6) is 0 Å². The Labute approximate surface area is 192 Å². The largest absolute Gasteiger partial charge is 0.480 e. The molecular weight excluding hydrogens is 461 g/mol. The number of H-pyrrole nitrogens is 1. The van der Waals surface area contributed by atoms with E-state index in [0.717, 1.165) is 11.3 Å². The first-order chi connectivity index (χ1) is 15.2. The van der Waals surface area contributed by atoms with Crippen molar-refractivity contribution < 1.29 is 24.6 Å². The van der Waals surface area contributed by atoms with Gasteiger partial charge in [0.05, 0.1) is 15.6 Å². The fourth-order valence-corrected chi connectivity index (χ4v) is 3.87. The molecule has 0 saturated carbocycles. The number of hydrogen-bond acceptors (Lipinski definition) is 6. The third-order valence-electron chi connectivity index (χ3n) is 4.97. The summed E-state index contributed by atoms with van der Waals surface area (Å²) in [4.78, 5) is 42.7. The number of carbonyl (C=O) groups excluding carboxylic acids is 2. The Kier molecular flexibility index (Phi) is 7.39. The molecule has 0 spiro atoms. The quantitative estimate of drug-likeness (QED) is 0.369. The van der Waals surface area contributed by atoms with E-state index in [2.05, 4.69) is 15.3 Å². The molecule has 32 heavy (non-hydrogen) atoms. The number of carboxylic acids is 1. The zero-order valence-electron chi connectivity index (χ0n) is 16.8. The molecule has 3 rings (SSSR count). The number of benzene rings is 1. The molecule has 2 heterocycles. The number of aliphatic imine (C=N–C) groups is 1. The second-order valence-electron chi connectivity index (χ2n) is 7.06. The average Bonchev–Trinajstić information content (AvgIpc) is 3.16. The minimum absolute atomic E-state index is 0.258. The normalized spacial score (nSPS) is 14.1. The van der Waals surface area contributed by atoms with Crippen LogP contribution >= 0.6 is 23.2 Å². The van der Waals surface area contributed by atoms with Crippen LogP contribution in [0.3, 0.4) is 0 Å². The van der Waals surface area contributed by atoms with Crippen molar-refractivity contribution >= 4 is 63.8 Å². The number of hydrogen-bond donors (Lipinski definition) is 5. The highest BCUT2D eigenvalue weighted by molar-refractivity contribution is 6.45. The molecule has 0 saturated heterocycles. The van der Waals surface area contributed by atoms with Crippen LogP contribution in [-0.4, -0.2) is 70.3 Å². The van der Waals surface area contributed by atoms with E-state index in [1.165, 1.54) is 12.3 Å². The van der Waals surface area contributed by atoms with Crippen molar-refractivity contribution in [2.24, 2.45) is 10.7 Å². The van der Waals surface area contributed by atoms with E-state index in [4.69, 9.17) is 34.0 Å². The summed E-state index contributed by atoms with van der Waals surface area (Å²) in [5, 5.41) is 21.3. The lowest BCUT2D eigenvalue weighted by Gasteiger charge is -2.27. The van der Waals surface area contributed by atoms with Crippen molar-refractivity contribution in [3.05, 3.63) is 39.0 Å². The number of aliphatic hydroxyl groups excluding tert-OH is 1. The van der Waals surface area contributed by atoms with Gasteiger partial charge in [-0.05, 0) is 12.1 Å². The number of aliphatic carboxylic acids is 1. The maximum Gasteiger partial charge on any atom is 0.322 e. The van der Waals surface area contributed by atoms with Crippen LogP contribution < -0.4 is 11.1 Å². The lowest BCUT2D eigenvalue weighted by molar-refractivity contribution is -0.137. The number of carbonyl (C=O) groups is 3. The third-order valence-corrected chi connectivity index (χ3v) is 5.76. The molecule has 1 aliphatic heterocycles. The van der Waals surface area contributed by atoms with Gasteiger partial charge in [0.15, 0.2) is 0 Å². The minimum Gasteiger partial charge on any atom is -0.480 e. The molecule has 0 bridgehead atoms. The number of aromatic amines is 1. The van der Waals surface area contributed by atoms with Crippen LogP contribution in [0.4, 0.5) is 0 Å². The molecule has 170 valence electrons. The first-order valence-electron chi connectivity index (χ1n) is 9.57. The number of amides is 2. The Morgan fingerprint density at radius 3 is 2.78 bits per heavy atom. The van der Waals surface area contributed by atoms with Gasteiger partial charge in [-0.15, -0.1) is 0 Å². The van der Waals surface area contributed by atoms with Gasteiger partial charge in [0.25, 0.3) is 0 Å². The van der Waals surface area contributed by atoms with Gasteiger partial charge in [0, 0.05) is 53.6 Å². The van der Waals surface area contributed by atoms with Crippen molar-refractivity contribution in [2.45, 2.75) is 13.0 Å². The molecule has 12 heteroatoms. The Bertz CT molecular complexity index is 1140. The molecule has 2 amide bonds. The summed E-state index contributed by atoms with van der Waals surface area (Å²) in [5.74, 6) is -2.06. The number of halogens is 2. The summed E-state index contributed by atoms with van der Waals surface area (Å²) in [6.07, 6.45) is 3.38. The molecule has 1 aromatic heterocycles. The van der Waals surface area contributed by atoms with Gasteiger partial charge in [0.1, 0.15) is 19.7 Å².